The summed E-state index contributed by atoms with van der Waals surface area (Å²) in [6.07, 6.45) is 1.31. The van der Waals surface area contributed by atoms with Crippen molar-refractivity contribution in [3.05, 3.63) is 52.5 Å². The topological polar surface area (TPSA) is 91.2 Å². The molecule has 0 aliphatic heterocycles. The van der Waals surface area contributed by atoms with Gasteiger partial charge >= 0.3 is 0 Å². The maximum absolute atomic E-state index is 11.8. The van der Waals surface area contributed by atoms with Crippen LogP contribution in [-0.2, 0) is 0 Å². The lowest BCUT2D eigenvalue weighted by Gasteiger charge is -2.06. The van der Waals surface area contributed by atoms with Gasteiger partial charge < -0.3 is 14.9 Å². The molecule has 0 heterocycles. The zero-order chi connectivity index (χ0) is 16.1. The summed E-state index contributed by atoms with van der Waals surface area (Å²) in [6, 6.07) is 9.10. The largest absolute Gasteiger partial charge is 0.504 e. The monoisotopic (exact) mass is 320 g/mol. The van der Waals surface area contributed by atoms with Crippen LogP contribution in [0.1, 0.15) is 15.9 Å². The van der Waals surface area contributed by atoms with Gasteiger partial charge in [0.1, 0.15) is 0 Å². The Morgan fingerprint density at radius 3 is 2.59 bits per heavy atom. The number of nitrogens with zero attached hydrogens (tertiary/aromatic N) is 1. The normalized spacial score (nSPS) is 10.6. The predicted octanol–water partition coefficient (Wildman–Crippen LogP) is 2.52. The number of hydrogen-bond donors (Lipinski definition) is 3. The van der Waals surface area contributed by atoms with E-state index >= 15 is 0 Å². The number of methoxy groups -OCH3 is 1. The van der Waals surface area contributed by atoms with Crippen molar-refractivity contribution in [2.45, 2.75) is 0 Å². The highest BCUT2D eigenvalue weighted by molar-refractivity contribution is 6.30. The van der Waals surface area contributed by atoms with Gasteiger partial charge in [-0.05, 0) is 36.4 Å². The van der Waals surface area contributed by atoms with Gasteiger partial charge in [0.2, 0.25) is 5.75 Å². The highest BCUT2D eigenvalue weighted by Gasteiger charge is 2.08. The van der Waals surface area contributed by atoms with Crippen LogP contribution in [0.4, 0.5) is 0 Å². The van der Waals surface area contributed by atoms with Crippen molar-refractivity contribution in [1.82, 2.24) is 5.43 Å². The maximum Gasteiger partial charge on any atom is 0.271 e. The van der Waals surface area contributed by atoms with Crippen molar-refractivity contribution in [3.63, 3.8) is 0 Å². The Kier molecular flexibility index (Phi) is 4.85. The Balaban J connectivity index is 2.08. The number of carbonyl (C=O) groups excluding carboxylic acids is 1. The highest BCUT2D eigenvalue weighted by atomic mass is 35.5. The van der Waals surface area contributed by atoms with E-state index in [0.29, 0.717) is 16.1 Å². The zero-order valence-corrected chi connectivity index (χ0v) is 12.3. The van der Waals surface area contributed by atoms with Gasteiger partial charge in [-0.1, -0.05) is 11.6 Å². The quantitative estimate of drug-likeness (QED) is 0.458. The molecular weight excluding hydrogens is 308 g/mol. The molecule has 6 nitrogen and oxygen atoms in total. The summed E-state index contributed by atoms with van der Waals surface area (Å²) >= 11 is 5.74. The van der Waals surface area contributed by atoms with Crippen LogP contribution in [0.2, 0.25) is 5.02 Å². The van der Waals surface area contributed by atoms with Gasteiger partial charge in [-0.15, -0.1) is 0 Å². The van der Waals surface area contributed by atoms with Crippen molar-refractivity contribution in [1.29, 1.82) is 0 Å². The van der Waals surface area contributed by atoms with Crippen LogP contribution in [0.3, 0.4) is 0 Å². The number of phenolic OH excluding ortho intramolecular Hbond substituents is 2. The van der Waals surface area contributed by atoms with Crippen molar-refractivity contribution in [2.75, 3.05) is 7.11 Å². The second-order valence-electron chi connectivity index (χ2n) is 4.30. The SMILES string of the molecule is COc1cc(/C=N/NC(=O)c2ccc(Cl)cc2)cc(O)c1O. The van der Waals surface area contributed by atoms with Crippen molar-refractivity contribution in [3.8, 4) is 17.2 Å². The van der Waals surface area contributed by atoms with Crippen LogP contribution >= 0.6 is 11.6 Å². The molecule has 3 N–H and O–H groups in total. The molecule has 0 aliphatic rings. The summed E-state index contributed by atoms with van der Waals surface area (Å²) in [6.45, 7) is 0. The van der Waals surface area contributed by atoms with Gasteiger partial charge in [0.15, 0.2) is 11.5 Å². The van der Waals surface area contributed by atoms with Gasteiger partial charge in [-0.2, -0.15) is 5.10 Å². The first-order chi connectivity index (χ1) is 10.5. The Hall–Kier alpha value is -2.73. The number of amides is 1. The first kappa shape index (κ1) is 15.7. The smallest absolute Gasteiger partial charge is 0.271 e. The van der Waals surface area contributed by atoms with E-state index in [0.717, 1.165) is 0 Å². The first-order valence-corrected chi connectivity index (χ1v) is 6.58. The second kappa shape index (κ2) is 6.82. The van der Waals surface area contributed by atoms with Crippen LogP contribution in [0.15, 0.2) is 41.5 Å². The standard InChI is InChI=1S/C15H13ClN2O4/c1-22-13-7-9(6-12(19)14(13)20)8-17-18-15(21)10-2-4-11(16)5-3-10/h2-8,19-20H,1H3,(H,18,21)/b17-8+. The molecular formula is C15H13ClN2O4. The minimum Gasteiger partial charge on any atom is -0.504 e. The fourth-order valence-corrected chi connectivity index (χ4v) is 1.80. The molecule has 0 aromatic heterocycles. The molecule has 2 aromatic rings. The average molecular weight is 321 g/mol. The molecule has 0 saturated carbocycles. The lowest BCUT2D eigenvalue weighted by atomic mass is 10.2. The summed E-state index contributed by atoms with van der Waals surface area (Å²) < 4.78 is 4.90. The van der Waals surface area contributed by atoms with E-state index in [1.165, 1.54) is 25.5 Å². The number of aromatic hydroxyl groups is 2. The second-order valence-corrected chi connectivity index (χ2v) is 4.73. The van der Waals surface area contributed by atoms with E-state index in [1.54, 1.807) is 24.3 Å². The minimum absolute atomic E-state index is 0.102. The number of carbonyl (C=O) groups is 1. The number of phenols is 2. The molecule has 114 valence electrons. The molecule has 0 aliphatic carbocycles. The molecule has 0 bridgehead atoms. The van der Waals surface area contributed by atoms with E-state index in [9.17, 15) is 15.0 Å². The number of nitrogens with one attached hydrogen (secondary N) is 1. The summed E-state index contributed by atoms with van der Waals surface area (Å²) in [5, 5.41) is 23.4. The molecule has 1 amide bonds. The molecule has 0 saturated heterocycles. The van der Waals surface area contributed by atoms with E-state index in [2.05, 4.69) is 10.5 Å². The highest BCUT2D eigenvalue weighted by Crippen LogP contribution is 2.35. The van der Waals surface area contributed by atoms with Crippen molar-refractivity contribution < 1.29 is 19.7 Å². The molecule has 22 heavy (non-hydrogen) atoms. The average Bonchev–Trinajstić information content (AvgIpc) is 2.51. The van der Waals surface area contributed by atoms with Gasteiger partial charge in [-0.25, -0.2) is 5.43 Å². The lowest BCUT2D eigenvalue weighted by molar-refractivity contribution is 0.0955. The Morgan fingerprint density at radius 1 is 1.27 bits per heavy atom. The molecule has 0 radical (unpaired) electrons. The number of hydrogen-bond acceptors (Lipinski definition) is 5. The first-order valence-electron chi connectivity index (χ1n) is 6.20. The van der Waals surface area contributed by atoms with Gasteiger partial charge in [0.05, 0.1) is 13.3 Å². The maximum atomic E-state index is 11.8. The van der Waals surface area contributed by atoms with Crippen LogP contribution < -0.4 is 10.2 Å². The molecule has 0 spiro atoms. The molecule has 0 fully saturated rings. The third-order valence-electron chi connectivity index (χ3n) is 2.78. The van der Waals surface area contributed by atoms with Crippen LogP contribution in [-0.4, -0.2) is 29.4 Å². The van der Waals surface area contributed by atoms with Crippen LogP contribution in [0, 0.1) is 0 Å². The number of halogens is 1. The van der Waals surface area contributed by atoms with Gasteiger partial charge in [0.25, 0.3) is 5.91 Å². The Bertz CT molecular complexity index is 714. The third kappa shape index (κ3) is 3.67. The van der Waals surface area contributed by atoms with Crippen LogP contribution in [0.5, 0.6) is 17.2 Å². The fraction of sp³-hybridized carbons (Fsp3) is 0.0667. The Labute approximate surface area is 131 Å². The van der Waals surface area contributed by atoms with E-state index < -0.39 is 5.91 Å². The molecule has 0 unspecified atom stereocenters. The van der Waals surface area contributed by atoms with E-state index in [-0.39, 0.29) is 17.2 Å². The fourth-order valence-electron chi connectivity index (χ4n) is 1.68. The van der Waals surface area contributed by atoms with Gasteiger partial charge in [-0.3, -0.25) is 4.79 Å². The van der Waals surface area contributed by atoms with E-state index in [1.807, 2.05) is 0 Å². The predicted molar refractivity (Wildman–Crippen MR) is 82.8 cm³/mol. The Morgan fingerprint density at radius 2 is 1.95 bits per heavy atom. The van der Waals surface area contributed by atoms with Crippen LogP contribution in [0.25, 0.3) is 0 Å². The number of benzene rings is 2. The molecule has 2 aromatic carbocycles. The minimum atomic E-state index is -0.400. The number of hydrazone groups is 1. The summed E-state index contributed by atoms with van der Waals surface area (Å²) in [7, 11) is 1.36. The van der Waals surface area contributed by atoms with Crippen molar-refractivity contribution >= 4 is 23.7 Å². The molecule has 0 atom stereocenters. The van der Waals surface area contributed by atoms with E-state index in [4.69, 9.17) is 16.3 Å². The van der Waals surface area contributed by atoms with Crippen molar-refractivity contribution in [2.24, 2.45) is 5.10 Å². The third-order valence-corrected chi connectivity index (χ3v) is 3.04. The summed E-state index contributed by atoms with van der Waals surface area (Å²) in [5.74, 6) is -0.997. The molecule has 2 rings (SSSR count). The lowest BCUT2D eigenvalue weighted by Crippen LogP contribution is -2.17. The summed E-state index contributed by atoms with van der Waals surface area (Å²) in [5.41, 5.74) is 3.20. The number of rotatable bonds is 4. The van der Waals surface area contributed by atoms with Gasteiger partial charge in [0, 0.05) is 16.1 Å². The molecule has 7 heteroatoms. The summed E-state index contributed by atoms with van der Waals surface area (Å²) in [4.78, 5) is 11.8. The zero-order valence-electron chi connectivity index (χ0n) is 11.6. The number of ether oxygens (including phenoxy) is 1.